The second-order valence-electron chi connectivity index (χ2n) is 9.28. The average molecular weight is 500 g/mol. The summed E-state index contributed by atoms with van der Waals surface area (Å²) in [7, 11) is 0. The van der Waals surface area contributed by atoms with Gasteiger partial charge in [0.1, 0.15) is 5.75 Å². The maximum atomic E-state index is 12.1. The average Bonchev–Trinajstić information content (AvgIpc) is 3.20. The Kier molecular flexibility index (Phi) is 8.67. The Morgan fingerprint density at radius 3 is 2.51 bits per heavy atom. The van der Waals surface area contributed by atoms with Crippen LogP contribution >= 0.6 is 11.6 Å². The third-order valence-corrected chi connectivity index (χ3v) is 6.09. The lowest BCUT2D eigenvalue weighted by atomic mass is 10.0. The summed E-state index contributed by atoms with van der Waals surface area (Å²) in [6.45, 7) is 9.22. The third-order valence-electron chi connectivity index (χ3n) is 5.83. The number of carbonyl (C=O) groups excluding carboxylic acids is 2. The van der Waals surface area contributed by atoms with Crippen molar-refractivity contribution < 1.29 is 19.1 Å². The topological polar surface area (TPSA) is 86.8 Å². The monoisotopic (exact) mass is 499 g/mol. The zero-order chi connectivity index (χ0) is 25.6. The van der Waals surface area contributed by atoms with Gasteiger partial charge in [0, 0.05) is 41.8 Å². The van der Waals surface area contributed by atoms with Crippen molar-refractivity contribution in [1.82, 2.24) is 9.47 Å². The minimum atomic E-state index is -1.09. The number of hydrogen-bond donors (Lipinski definition) is 1. The molecule has 1 unspecified atom stereocenters. The van der Waals surface area contributed by atoms with Crippen LogP contribution in [0.1, 0.15) is 33.3 Å². The first-order valence-electron chi connectivity index (χ1n) is 11.8. The van der Waals surface area contributed by atoms with E-state index in [0.29, 0.717) is 37.0 Å². The van der Waals surface area contributed by atoms with Crippen molar-refractivity contribution in [3.05, 3.63) is 65.3 Å². The number of ether oxygens (including phenoxy) is 2. The molecule has 0 aliphatic heterocycles. The van der Waals surface area contributed by atoms with Gasteiger partial charge in [0.2, 0.25) is 0 Å². The Morgan fingerprint density at radius 2 is 1.86 bits per heavy atom. The van der Waals surface area contributed by atoms with E-state index >= 15 is 0 Å². The minimum absolute atomic E-state index is 0.243. The van der Waals surface area contributed by atoms with Gasteiger partial charge in [-0.25, -0.2) is 9.59 Å². The summed E-state index contributed by atoms with van der Waals surface area (Å²) in [5, 5.41) is 1.68. The van der Waals surface area contributed by atoms with Gasteiger partial charge in [-0.05, 0) is 75.1 Å². The lowest BCUT2D eigenvalue weighted by molar-refractivity contribution is -0.158. The molecule has 0 spiro atoms. The van der Waals surface area contributed by atoms with Gasteiger partial charge in [-0.15, -0.1) is 0 Å². The molecule has 35 heavy (non-hydrogen) atoms. The molecule has 7 nitrogen and oxygen atoms in total. The van der Waals surface area contributed by atoms with E-state index in [4.69, 9.17) is 26.8 Å². The number of esters is 1. The van der Waals surface area contributed by atoms with E-state index in [-0.39, 0.29) is 5.92 Å². The number of rotatable bonds is 11. The molecule has 8 heteroatoms. The van der Waals surface area contributed by atoms with E-state index in [1.54, 1.807) is 25.7 Å². The highest BCUT2D eigenvalue weighted by Gasteiger charge is 2.31. The molecule has 3 rings (SSSR count). The molecule has 3 aromatic rings. The first kappa shape index (κ1) is 26.4. The van der Waals surface area contributed by atoms with Crippen molar-refractivity contribution in [3.63, 3.8) is 0 Å². The molecule has 2 amide bonds. The van der Waals surface area contributed by atoms with Gasteiger partial charge in [-0.1, -0.05) is 30.7 Å². The predicted octanol–water partition coefficient (Wildman–Crippen LogP) is 5.27. The summed E-state index contributed by atoms with van der Waals surface area (Å²) in [4.78, 5) is 25.9. The molecule has 0 bridgehead atoms. The van der Waals surface area contributed by atoms with Gasteiger partial charge in [-0.2, -0.15) is 0 Å². The number of urea groups is 1. The van der Waals surface area contributed by atoms with E-state index in [2.05, 4.69) is 11.5 Å². The minimum Gasteiger partial charge on any atom is -0.476 e. The number of hydrogen-bond acceptors (Lipinski definition) is 4. The lowest BCUT2D eigenvalue weighted by Gasteiger charge is -2.25. The van der Waals surface area contributed by atoms with Crippen LogP contribution < -0.4 is 10.5 Å². The molecule has 0 fully saturated rings. The fourth-order valence-corrected chi connectivity index (χ4v) is 4.19. The van der Waals surface area contributed by atoms with Crippen LogP contribution in [-0.4, -0.2) is 46.8 Å². The molecule has 0 aliphatic rings. The second-order valence-corrected chi connectivity index (χ2v) is 9.72. The van der Waals surface area contributed by atoms with E-state index in [1.165, 1.54) is 5.56 Å². The number of primary amides is 1. The number of carbonyl (C=O) groups is 2. The number of amides is 2. The van der Waals surface area contributed by atoms with Gasteiger partial charge in [0.15, 0.2) is 5.60 Å². The summed E-state index contributed by atoms with van der Waals surface area (Å²) in [6.07, 6.45) is 2.81. The Bertz CT molecular complexity index is 1160. The number of halogens is 1. The van der Waals surface area contributed by atoms with Crippen molar-refractivity contribution in [3.8, 4) is 5.75 Å². The number of aromatic nitrogens is 1. The van der Waals surface area contributed by atoms with Crippen LogP contribution in [0.15, 0.2) is 54.7 Å². The van der Waals surface area contributed by atoms with Crippen molar-refractivity contribution in [2.24, 2.45) is 11.7 Å². The van der Waals surface area contributed by atoms with Gasteiger partial charge >= 0.3 is 12.0 Å². The molecule has 0 radical (unpaired) electrons. The molecule has 0 saturated carbocycles. The van der Waals surface area contributed by atoms with Crippen LogP contribution in [0, 0.1) is 5.92 Å². The van der Waals surface area contributed by atoms with E-state index in [0.717, 1.165) is 17.3 Å². The molecule has 188 valence electrons. The van der Waals surface area contributed by atoms with Gasteiger partial charge < -0.3 is 24.7 Å². The summed E-state index contributed by atoms with van der Waals surface area (Å²) in [5.74, 6) is 0.421. The van der Waals surface area contributed by atoms with E-state index in [9.17, 15) is 9.59 Å². The number of nitrogens with two attached hydrogens (primary N) is 1. The fourth-order valence-electron chi connectivity index (χ4n) is 4.06. The zero-order valence-electron chi connectivity index (χ0n) is 20.8. The van der Waals surface area contributed by atoms with Crippen LogP contribution in [0.2, 0.25) is 5.02 Å². The van der Waals surface area contributed by atoms with Crippen LogP contribution in [0.4, 0.5) is 4.79 Å². The largest absolute Gasteiger partial charge is 0.476 e. The van der Waals surface area contributed by atoms with Crippen LogP contribution in [0.5, 0.6) is 5.75 Å². The summed E-state index contributed by atoms with van der Waals surface area (Å²) in [5.41, 5.74) is 6.77. The smallest absolute Gasteiger partial charge is 0.349 e. The first-order valence-corrected chi connectivity index (χ1v) is 12.2. The molecular weight excluding hydrogens is 466 g/mol. The highest BCUT2D eigenvalue weighted by Crippen LogP contribution is 2.26. The third kappa shape index (κ3) is 7.15. The van der Waals surface area contributed by atoms with Crippen molar-refractivity contribution in [2.45, 2.75) is 46.3 Å². The Labute approximate surface area is 211 Å². The van der Waals surface area contributed by atoms with Crippen molar-refractivity contribution >= 4 is 34.5 Å². The Balaban J connectivity index is 1.63. The zero-order valence-corrected chi connectivity index (χ0v) is 21.5. The fraction of sp³-hybridized carbons (Fsp3) is 0.407. The molecule has 1 aromatic heterocycles. The normalized spacial score (nSPS) is 12.4. The first-order chi connectivity index (χ1) is 16.6. The van der Waals surface area contributed by atoms with E-state index < -0.39 is 17.6 Å². The highest BCUT2D eigenvalue weighted by molar-refractivity contribution is 6.30. The molecule has 0 aliphatic carbocycles. The molecule has 2 N–H and O–H groups in total. The summed E-state index contributed by atoms with van der Waals surface area (Å²) >= 11 is 5.97. The maximum Gasteiger partial charge on any atom is 0.349 e. The Morgan fingerprint density at radius 1 is 1.14 bits per heavy atom. The number of nitrogens with zero attached hydrogens (tertiary/aromatic N) is 2. The quantitative estimate of drug-likeness (QED) is 0.364. The number of fused-ring (bicyclic) bond motifs is 1. The molecule has 0 saturated heterocycles. The van der Waals surface area contributed by atoms with Gasteiger partial charge in [0.05, 0.1) is 6.61 Å². The SMILES string of the molecule is CCOC(=O)C(C)(C)Oc1ccc2c(ccn2CCN(CC(C)Cc2ccc(Cl)cc2)C(N)=O)c1. The van der Waals surface area contributed by atoms with Crippen LogP contribution in [-0.2, 0) is 22.5 Å². The van der Waals surface area contributed by atoms with Crippen molar-refractivity contribution in [1.29, 1.82) is 0 Å². The van der Waals surface area contributed by atoms with Crippen LogP contribution in [0.25, 0.3) is 10.9 Å². The molecule has 1 atom stereocenters. The molecule has 1 heterocycles. The lowest BCUT2D eigenvalue weighted by Crippen LogP contribution is -2.41. The van der Waals surface area contributed by atoms with Crippen molar-refractivity contribution in [2.75, 3.05) is 19.7 Å². The summed E-state index contributed by atoms with van der Waals surface area (Å²) < 4.78 is 13.1. The van der Waals surface area contributed by atoms with E-state index in [1.807, 2.05) is 54.7 Å². The summed E-state index contributed by atoms with van der Waals surface area (Å²) in [6, 6.07) is 15.0. The highest BCUT2D eigenvalue weighted by atomic mass is 35.5. The predicted molar refractivity (Wildman–Crippen MR) is 139 cm³/mol. The molecular formula is C27H34ClN3O4. The molecule has 2 aromatic carbocycles. The van der Waals surface area contributed by atoms with Gasteiger partial charge in [-0.3, -0.25) is 0 Å². The number of benzene rings is 2. The van der Waals surface area contributed by atoms with Gasteiger partial charge in [0.25, 0.3) is 0 Å². The second kappa shape index (κ2) is 11.5. The van der Waals surface area contributed by atoms with Crippen LogP contribution in [0.3, 0.4) is 0 Å². The maximum absolute atomic E-state index is 12.1. The standard InChI is InChI=1S/C27H34ClN3O4/c1-5-34-25(32)27(3,4)35-23-10-11-24-21(17-23)12-13-30(24)14-15-31(26(29)33)18-19(2)16-20-6-8-22(28)9-7-20/h6-13,17,19H,5,14-16,18H2,1-4H3,(H2,29,33). The Hall–Kier alpha value is -3.19.